The SMILES string of the molecule is Cc1ncccc1C(=O)N([C@@H]1CCc2ccc(C#N)cc21)[C@@H](C(N)=O)c1cccnc1. The van der Waals surface area contributed by atoms with Crippen LogP contribution in [0.1, 0.15) is 56.8 Å². The lowest BCUT2D eigenvalue weighted by atomic mass is 9.97. The number of rotatable bonds is 5. The van der Waals surface area contributed by atoms with Gasteiger partial charge in [0.15, 0.2) is 0 Å². The zero-order valence-electron chi connectivity index (χ0n) is 17.0. The molecule has 1 aromatic carbocycles. The van der Waals surface area contributed by atoms with Crippen LogP contribution >= 0.6 is 0 Å². The molecule has 0 fully saturated rings. The first-order valence-electron chi connectivity index (χ1n) is 9.97. The number of hydrogen-bond acceptors (Lipinski definition) is 5. The fourth-order valence-electron chi connectivity index (χ4n) is 4.23. The fourth-order valence-corrected chi connectivity index (χ4v) is 4.23. The molecule has 1 aliphatic rings. The van der Waals surface area contributed by atoms with E-state index in [1.165, 1.54) is 4.90 Å². The molecule has 7 nitrogen and oxygen atoms in total. The number of nitriles is 1. The molecule has 1 aliphatic carbocycles. The number of aryl methyl sites for hydroxylation is 2. The maximum absolute atomic E-state index is 13.8. The maximum atomic E-state index is 13.8. The van der Waals surface area contributed by atoms with Crippen molar-refractivity contribution in [2.45, 2.75) is 31.8 Å². The first-order chi connectivity index (χ1) is 15.0. The van der Waals surface area contributed by atoms with E-state index in [-0.39, 0.29) is 5.91 Å². The standard InChI is InChI=1S/C24H21N5O2/c1-15-19(5-3-11-28-15)24(31)29(22(23(26)30)18-4-2-10-27-14-18)21-9-8-17-7-6-16(13-25)12-20(17)21/h2-7,10-12,14,21-22H,8-9H2,1H3,(H2,26,30)/t21-,22-/m1/s1. The Kier molecular flexibility index (Phi) is 5.46. The van der Waals surface area contributed by atoms with Gasteiger partial charge in [-0.25, -0.2) is 0 Å². The van der Waals surface area contributed by atoms with E-state index >= 15 is 0 Å². The van der Waals surface area contributed by atoms with Crippen molar-refractivity contribution >= 4 is 11.8 Å². The molecule has 0 saturated carbocycles. The van der Waals surface area contributed by atoms with Crippen LogP contribution in [0.3, 0.4) is 0 Å². The van der Waals surface area contributed by atoms with Crippen LogP contribution in [-0.2, 0) is 11.2 Å². The average molecular weight is 411 g/mol. The van der Waals surface area contributed by atoms with Crippen molar-refractivity contribution in [3.63, 3.8) is 0 Å². The second kappa shape index (κ2) is 8.36. The number of carbonyl (C=O) groups excluding carboxylic acids is 2. The largest absolute Gasteiger partial charge is 0.368 e. The molecule has 4 rings (SSSR count). The van der Waals surface area contributed by atoms with E-state index < -0.39 is 18.0 Å². The van der Waals surface area contributed by atoms with Gasteiger partial charge in [-0.15, -0.1) is 0 Å². The highest BCUT2D eigenvalue weighted by Crippen LogP contribution is 2.41. The van der Waals surface area contributed by atoms with Crippen LogP contribution in [0.15, 0.2) is 61.1 Å². The summed E-state index contributed by atoms with van der Waals surface area (Å²) in [5, 5.41) is 9.37. The molecule has 7 heteroatoms. The summed E-state index contributed by atoms with van der Waals surface area (Å²) in [7, 11) is 0. The number of carbonyl (C=O) groups is 2. The number of nitrogens with zero attached hydrogens (tertiary/aromatic N) is 4. The molecule has 0 unspecified atom stereocenters. The predicted molar refractivity (Wildman–Crippen MR) is 114 cm³/mol. The van der Waals surface area contributed by atoms with Crippen molar-refractivity contribution in [2.75, 3.05) is 0 Å². The highest BCUT2D eigenvalue weighted by Gasteiger charge is 2.40. The third-order valence-electron chi connectivity index (χ3n) is 5.68. The molecule has 2 aromatic heterocycles. The molecule has 154 valence electrons. The van der Waals surface area contributed by atoms with Crippen molar-refractivity contribution in [1.29, 1.82) is 5.26 Å². The molecule has 2 atom stereocenters. The minimum atomic E-state index is -1.01. The van der Waals surface area contributed by atoms with Gasteiger partial charge in [-0.3, -0.25) is 19.6 Å². The maximum Gasteiger partial charge on any atom is 0.257 e. The second-order valence-electron chi connectivity index (χ2n) is 7.52. The Balaban J connectivity index is 1.89. The van der Waals surface area contributed by atoms with Crippen molar-refractivity contribution in [3.05, 3.63) is 94.6 Å². The minimum absolute atomic E-state index is 0.335. The molecule has 2 heterocycles. The van der Waals surface area contributed by atoms with E-state index in [2.05, 4.69) is 16.0 Å². The number of pyridine rings is 2. The van der Waals surface area contributed by atoms with Crippen molar-refractivity contribution in [2.24, 2.45) is 5.73 Å². The van der Waals surface area contributed by atoms with Gasteiger partial charge in [-0.05, 0) is 61.2 Å². The Labute approximate surface area is 180 Å². The first-order valence-corrected chi connectivity index (χ1v) is 9.97. The van der Waals surface area contributed by atoms with E-state index in [4.69, 9.17) is 5.73 Å². The van der Waals surface area contributed by atoms with E-state index in [9.17, 15) is 14.9 Å². The summed E-state index contributed by atoms with van der Waals surface area (Å²) in [5.74, 6) is -0.980. The van der Waals surface area contributed by atoms with Crippen LogP contribution in [0, 0.1) is 18.3 Å². The lowest BCUT2D eigenvalue weighted by Crippen LogP contribution is -2.43. The summed E-state index contributed by atoms with van der Waals surface area (Å²) in [6.45, 7) is 1.76. The molecule has 0 aliphatic heterocycles. The van der Waals surface area contributed by atoms with Crippen LogP contribution in [-0.4, -0.2) is 26.7 Å². The average Bonchev–Trinajstić information content (AvgIpc) is 3.20. The van der Waals surface area contributed by atoms with Crippen molar-refractivity contribution < 1.29 is 9.59 Å². The Morgan fingerprint density at radius 2 is 2.03 bits per heavy atom. The predicted octanol–water partition coefficient (Wildman–Crippen LogP) is 3.01. The normalized spacial score (nSPS) is 15.5. The highest BCUT2D eigenvalue weighted by atomic mass is 16.2. The Hall–Kier alpha value is -4.05. The van der Waals surface area contributed by atoms with Crippen LogP contribution < -0.4 is 5.73 Å². The van der Waals surface area contributed by atoms with Gasteiger partial charge < -0.3 is 10.6 Å². The summed E-state index contributed by atoms with van der Waals surface area (Å²) >= 11 is 0. The Morgan fingerprint density at radius 3 is 2.71 bits per heavy atom. The summed E-state index contributed by atoms with van der Waals surface area (Å²) in [5.41, 5.74) is 9.77. The van der Waals surface area contributed by atoms with Gasteiger partial charge in [-0.1, -0.05) is 12.1 Å². The number of benzene rings is 1. The molecule has 0 radical (unpaired) electrons. The minimum Gasteiger partial charge on any atom is -0.368 e. The lowest BCUT2D eigenvalue weighted by molar-refractivity contribution is -0.123. The number of nitrogens with two attached hydrogens (primary N) is 1. The van der Waals surface area contributed by atoms with Gasteiger partial charge in [-0.2, -0.15) is 5.26 Å². The Morgan fingerprint density at radius 1 is 1.23 bits per heavy atom. The topological polar surface area (TPSA) is 113 Å². The Bertz CT molecular complexity index is 1190. The molecule has 2 amide bonds. The van der Waals surface area contributed by atoms with Crippen molar-refractivity contribution in [3.8, 4) is 6.07 Å². The molecule has 0 spiro atoms. The van der Waals surface area contributed by atoms with Crippen LogP contribution in [0.4, 0.5) is 0 Å². The molecular weight excluding hydrogens is 390 g/mol. The second-order valence-corrected chi connectivity index (χ2v) is 7.52. The van der Waals surface area contributed by atoms with E-state index in [1.807, 2.05) is 6.07 Å². The number of fused-ring (bicyclic) bond motifs is 1. The number of primary amides is 1. The number of amides is 2. The summed E-state index contributed by atoms with van der Waals surface area (Å²) in [4.78, 5) is 36.4. The third-order valence-corrected chi connectivity index (χ3v) is 5.68. The molecule has 0 bridgehead atoms. The lowest BCUT2D eigenvalue weighted by Gasteiger charge is -2.36. The quantitative estimate of drug-likeness (QED) is 0.693. The van der Waals surface area contributed by atoms with Crippen LogP contribution in [0.2, 0.25) is 0 Å². The van der Waals surface area contributed by atoms with Gasteiger partial charge in [0.2, 0.25) is 5.91 Å². The fraction of sp³-hybridized carbons (Fsp3) is 0.208. The van der Waals surface area contributed by atoms with Gasteiger partial charge in [0.25, 0.3) is 5.91 Å². The molecule has 3 aromatic rings. The summed E-state index contributed by atoms with van der Waals surface area (Å²) in [6.07, 6.45) is 6.13. The first kappa shape index (κ1) is 20.2. The third kappa shape index (κ3) is 3.76. The molecule has 0 saturated heterocycles. The number of aromatic nitrogens is 2. The van der Waals surface area contributed by atoms with Gasteiger partial charge >= 0.3 is 0 Å². The van der Waals surface area contributed by atoms with E-state index in [0.717, 1.165) is 17.5 Å². The van der Waals surface area contributed by atoms with Gasteiger partial charge in [0, 0.05) is 29.8 Å². The monoisotopic (exact) mass is 411 g/mol. The van der Waals surface area contributed by atoms with Crippen LogP contribution in [0.25, 0.3) is 0 Å². The molecular formula is C24H21N5O2. The zero-order valence-corrected chi connectivity index (χ0v) is 17.0. The van der Waals surface area contributed by atoms with Gasteiger partial charge in [0.05, 0.1) is 23.2 Å². The number of hydrogen-bond donors (Lipinski definition) is 1. The summed E-state index contributed by atoms with van der Waals surface area (Å²) in [6, 6.07) is 13.0. The van der Waals surface area contributed by atoms with Crippen molar-refractivity contribution in [1.82, 2.24) is 14.9 Å². The smallest absolute Gasteiger partial charge is 0.257 e. The molecule has 31 heavy (non-hydrogen) atoms. The summed E-state index contributed by atoms with van der Waals surface area (Å²) < 4.78 is 0. The highest BCUT2D eigenvalue weighted by molar-refractivity contribution is 5.98. The van der Waals surface area contributed by atoms with E-state index in [1.54, 1.807) is 61.9 Å². The van der Waals surface area contributed by atoms with Gasteiger partial charge in [0.1, 0.15) is 6.04 Å². The van der Waals surface area contributed by atoms with E-state index in [0.29, 0.717) is 28.8 Å². The zero-order chi connectivity index (χ0) is 22.0. The molecule has 2 N–H and O–H groups in total. The van der Waals surface area contributed by atoms with Crippen LogP contribution in [0.5, 0.6) is 0 Å².